The van der Waals surface area contributed by atoms with E-state index in [4.69, 9.17) is 25.8 Å². The zero-order valence-electron chi connectivity index (χ0n) is 18.8. The maximum absolute atomic E-state index is 12.1. The van der Waals surface area contributed by atoms with Crippen molar-refractivity contribution in [2.24, 2.45) is 22.7 Å². The van der Waals surface area contributed by atoms with Gasteiger partial charge in [0.2, 0.25) is 5.60 Å². The first-order valence-electron chi connectivity index (χ1n) is 11.8. The molecule has 4 aliphatic carbocycles. The molecule has 10 atom stereocenters. The van der Waals surface area contributed by atoms with Crippen LogP contribution in [0.5, 0.6) is 0 Å². The number of hydrogen-bond donors (Lipinski definition) is 1. The molecular weight excluding hydrogens is 430 g/mol. The van der Waals surface area contributed by atoms with Gasteiger partial charge in [0.05, 0.1) is 23.7 Å². The molecule has 6 rings (SSSR count). The monoisotopic (exact) mass is 459 g/mol. The fourth-order valence-electron chi connectivity index (χ4n) is 8.40. The zero-order chi connectivity index (χ0) is 22.7. The summed E-state index contributed by atoms with van der Waals surface area (Å²) >= 11 is 7.51. The Hall–Kier alpha value is -1.23. The summed E-state index contributed by atoms with van der Waals surface area (Å²) in [5, 5.41) is 21.9. The Kier molecular flexibility index (Phi) is 4.17. The third-order valence-corrected chi connectivity index (χ3v) is 10.9. The lowest BCUT2D eigenvalue weighted by Gasteiger charge is -2.64. The van der Waals surface area contributed by atoms with Gasteiger partial charge >= 0.3 is 0 Å². The number of epoxide rings is 1. The number of halogens is 1. The van der Waals surface area contributed by atoms with Crippen LogP contribution >= 0.6 is 11.6 Å². The summed E-state index contributed by atoms with van der Waals surface area (Å²) in [7, 11) is 0. The number of rotatable bonds is 2. The second-order valence-corrected chi connectivity index (χ2v) is 11.7. The fourth-order valence-corrected chi connectivity index (χ4v) is 8.92. The molecule has 2 aliphatic heterocycles. The molecule has 6 aliphatic rings. The van der Waals surface area contributed by atoms with Gasteiger partial charge < -0.3 is 19.3 Å². The molecule has 0 amide bonds. The maximum Gasteiger partial charge on any atom is 0.209 e. The minimum atomic E-state index is -1.04. The number of nitrogens with zero attached hydrogens (tertiary/aromatic N) is 1. The van der Waals surface area contributed by atoms with Crippen LogP contribution < -0.4 is 0 Å². The summed E-state index contributed by atoms with van der Waals surface area (Å²) in [6.07, 6.45) is 7.06. The molecule has 0 aromatic rings. The van der Waals surface area contributed by atoms with Crippen LogP contribution in [0.1, 0.15) is 52.9 Å². The van der Waals surface area contributed by atoms with Crippen LogP contribution in [-0.2, 0) is 19.0 Å². The predicted octanol–water partition coefficient (Wildman–Crippen LogP) is 3.42. The quantitative estimate of drug-likeness (QED) is 0.502. The Morgan fingerprint density at radius 1 is 1.34 bits per heavy atom. The Balaban J connectivity index is 1.48. The van der Waals surface area contributed by atoms with Gasteiger partial charge in [0, 0.05) is 10.8 Å². The number of fused-ring (bicyclic) bond motifs is 7. The van der Waals surface area contributed by atoms with Crippen LogP contribution in [0.4, 0.5) is 0 Å². The zero-order valence-corrected chi connectivity index (χ0v) is 19.5. The van der Waals surface area contributed by atoms with Gasteiger partial charge in [0.1, 0.15) is 11.7 Å². The molecule has 7 heteroatoms. The lowest BCUT2D eigenvalue weighted by Crippen LogP contribution is -2.70. The topological polar surface area (TPSA) is 92.1 Å². The van der Waals surface area contributed by atoms with Gasteiger partial charge in [-0.3, -0.25) is 4.79 Å². The normalized spacial score (nSPS) is 57.7. The van der Waals surface area contributed by atoms with Gasteiger partial charge in [-0.05, 0) is 56.1 Å². The average molecular weight is 460 g/mol. The number of aliphatic hydroxyl groups is 1. The van der Waals surface area contributed by atoms with Crippen molar-refractivity contribution in [1.82, 2.24) is 0 Å². The number of hydrogen-bond acceptors (Lipinski definition) is 6. The number of nitriles is 1. The Bertz CT molecular complexity index is 999. The highest BCUT2D eigenvalue weighted by Crippen LogP contribution is 2.75. The second kappa shape index (κ2) is 6.25. The van der Waals surface area contributed by atoms with E-state index >= 15 is 0 Å². The van der Waals surface area contributed by atoms with Crippen LogP contribution in [0.3, 0.4) is 0 Å². The fraction of sp³-hybridized carbons (Fsp3) is 0.760. The van der Waals surface area contributed by atoms with E-state index < -0.39 is 33.0 Å². The first kappa shape index (κ1) is 21.3. The van der Waals surface area contributed by atoms with Crippen LogP contribution in [0.15, 0.2) is 23.8 Å². The first-order valence-corrected chi connectivity index (χ1v) is 12.2. The maximum atomic E-state index is 12.1. The molecule has 2 heterocycles. The molecule has 172 valence electrons. The summed E-state index contributed by atoms with van der Waals surface area (Å²) in [6.45, 7) is 6.54. The molecule has 0 aromatic carbocycles. The highest BCUT2D eigenvalue weighted by Gasteiger charge is 2.84. The van der Waals surface area contributed by atoms with Gasteiger partial charge in [-0.15, -0.1) is 11.6 Å². The van der Waals surface area contributed by atoms with Gasteiger partial charge in [-0.25, -0.2) is 0 Å². The number of ether oxygens (including phenoxy) is 3. The number of carbonyl (C=O) groups excluding carboxylic acids is 1. The van der Waals surface area contributed by atoms with E-state index in [-0.39, 0.29) is 30.0 Å². The SMILES string of the molecule is CCC1O[C@@H]2C[C@H]3[C@@H]4CCC5=CC(=O)C=C[C@]5(C)[C@@]4(Cl)[C@@H](O)C[C@]3(C)[C@]2(C2(C#N)CO2)O1. The van der Waals surface area contributed by atoms with Crippen LogP contribution in [0.25, 0.3) is 0 Å². The van der Waals surface area contributed by atoms with E-state index in [1.54, 1.807) is 12.2 Å². The van der Waals surface area contributed by atoms with Gasteiger partial charge in [0.15, 0.2) is 12.1 Å². The smallest absolute Gasteiger partial charge is 0.209 e. The Morgan fingerprint density at radius 2 is 2.09 bits per heavy atom. The van der Waals surface area contributed by atoms with Crippen molar-refractivity contribution in [2.75, 3.05) is 6.61 Å². The molecule has 1 N–H and O–H groups in total. The van der Waals surface area contributed by atoms with Crippen LogP contribution in [0, 0.1) is 34.0 Å². The highest BCUT2D eigenvalue weighted by atomic mass is 35.5. The first-order chi connectivity index (χ1) is 15.1. The van der Waals surface area contributed by atoms with E-state index in [2.05, 4.69) is 19.9 Å². The number of carbonyl (C=O) groups is 1. The van der Waals surface area contributed by atoms with Crippen molar-refractivity contribution in [1.29, 1.82) is 5.26 Å². The number of aliphatic hydroxyl groups excluding tert-OH is 1. The molecule has 2 saturated heterocycles. The molecule has 5 fully saturated rings. The summed E-state index contributed by atoms with van der Waals surface area (Å²) in [5.41, 5.74) is -2.09. The van der Waals surface area contributed by atoms with Crippen molar-refractivity contribution in [2.45, 2.75) is 87.4 Å². The molecule has 0 spiro atoms. The number of ketones is 1. The van der Waals surface area contributed by atoms with Crippen LogP contribution in [-0.4, -0.2) is 52.1 Å². The van der Waals surface area contributed by atoms with E-state index in [0.717, 1.165) is 24.8 Å². The van der Waals surface area contributed by atoms with Gasteiger partial charge in [0.25, 0.3) is 0 Å². The van der Waals surface area contributed by atoms with Crippen molar-refractivity contribution >= 4 is 17.4 Å². The largest absolute Gasteiger partial charge is 0.391 e. The van der Waals surface area contributed by atoms with Crippen molar-refractivity contribution in [3.8, 4) is 6.07 Å². The Morgan fingerprint density at radius 3 is 2.75 bits per heavy atom. The lowest BCUT2D eigenvalue weighted by molar-refractivity contribution is -0.204. The molecule has 0 aromatic heterocycles. The highest BCUT2D eigenvalue weighted by molar-refractivity contribution is 6.26. The van der Waals surface area contributed by atoms with E-state index in [1.165, 1.54) is 0 Å². The van der Waals surface area contributed by atoms with Crippen LogP contribution in [0.2, 0.25) is 0 Å². The van der Waals surface area contributed by atoms with Crippen molar-refractivity contribution < 1.29 is 24.1 Å². The van der Waals surface area contributed by atoms with E-state index in [9.17, 15) is 15.2 Å². The van der Waals surface area contributed by atoms with Gasteiger partial charge in [-0.1, -0.05) is 32.4 Å². The molecule has 32 heavy (non-hydrogen) atoms. The average Bonchev–Trinajstić information content (AvgIpc) is 3.41. The molecular formula is C25H30ClNO5. The minimum Gasteiger partial charge on any atom is -0.391 e. The van der Waals surface area contributed by atoms with E-state index in [1.807, 2.05) is 13.0 Å². The lowest BCUT2D eigenvalue weighted by atomic mass is 9.45. The standard InChI is InChI=1S/C25H30ClNO5/c1-4-20-31-19-10-17-16-6-5-14-9-15(28)7-8-21(14,2)24(16,26)18(29)11-22(17,3)25(19,32-20)23(12-27)13-30-23/h7-9,16-20,29H,4-6,10-11,13H2,1-3H3/t16-,17-,18-,19+,20?,21-,22-,23?,24-,25+/m0/s1. The van der Waals surface area contributed by atoms with Crippen molar-refractivity contribution in [3.63, 3.8) is 0 Å². The van der Waals surface area contributed by atoms with Gasteiger partial charge in [-0.2, -0.15) is 5.26 Å². The molecule has 0 bridgehead atoms. The summed E-state index contributed by atoms with van der Waals surface area (Å²) < 4.78 is 18.8. The summed E-state index contributed by atoms with van der Waals surface area (Å²) in [4.78, 5) is 11.1. The summed E-state index contributed by atoms with van der Waals surface area (Å²) in [5.74, 6) is 0.0714. The second-order valence-electron chi connectivity index (χ2n) is 11.0. The summed E-state index contributed by atoms with van der Waals surface area (Å²) in [6, 6.07) is 2.41. The third-order valence-electron chi connectivity index (χ3n) is 9.98. The molecule has 6 nitrogen and oxygen atoms in total. The van der Waals surface area contributed by atoms with E-state index in [0.29, 0.717) is 19.4 Å². The number of alkyl halides is 1. The minimum absolute atomic E-state index is 0.0119. The molecule has 0 radical (unpaired) electrons. The predicted molar refractivity (Wildman–Crippen MR) is 116 cm³/mol. The Labute approximate surface area is 193 Å². The molecule has 3 saturated carbocycles. The molecule has 2 unspecified atom stereocenters. The van der Waals surface area contributed by atoms with Crippen molar-refractivity contribution in [3.05, 3.63) is 23.8 Å². The third kappa shape index (κ3) is 2.10. The number of allylic oxidation sites excluding steroid dienone is 4.